The van der Waals surface area contributed by atoms with Crippen LogP contribution in [-0.4, -0.2) is 21.7 Å². The van der Waals surface area contributed by atoms with Crippen LogP contribution in [0.5, 0.6) is 5.75 Å². The average Bonchev–Trinajstić information content (AvgIpc) is 2.46. The first-order chi connectivity index (χ1) is 9.72. The van der Waals surface area contributed by atoms with E-state index in [2.05, 4.69) is 15.4 Å². The maximum absolute atomic E-state index is 9.03. The minimum absolute atomic E-state index is 0.0859. The molecule has 106 valence electrons. The molecule has 0 bridgehead atoms. The number of hydrogen-bond acceptors (Lipinski definition) is 6. The zero-order valence-corrected chi connectivity index (χ0v) is 11.3. The van der Waals surface area contributed by atoms with Crippen LogP contribution in [0.3, 0.4) is 0 Å². The molecule has 1 aromatic carbocycles. The fourth-order valence-corrected chi connectivity index (χ4v) is 1.88. The largest absolute Gasteiger partial charge is 0.485 e. The number of rotatable bonds is 6. The van der Waals surface area contributed by atoms with Gasteiger partial charge in [0.2, 0.25) is 0 Å². The Morgan fingerprint density at radius 1 is 1.30 bits per heavy atom. The molecule has 2 rings (SSSR count). The molecule has 4 N–H and O–H groups in total. The number of ether oxygens (including phenoxy) is 1. The highest BCUT2D eigenvalue weighted by Gasteiger charge is 2.06. The molecule has 0 atom stereocenters. The van der Waals surface area contributed by atoms with Gasteiger partial charge >= 0.3 is 0 Å². The Kier molecular flexibility index (Phi) is 4.86. The fourth-order valence-electron chi connectivity index (χ4n) is 1.88. The number of nitrogens with two attached hydrogens (primary N) is 1. The summed E-state index contributed by atoms with van der Waals surface area (Å²) < 4.78 is 5.73. The lowest BCUT2D eigenvalue weighted by molar-refractivity contribution is 0.279. The zero-order chi connectivity index (χ0) is 14.4. The van der Waals surface area contributed by atoms with Crippen LogP contribution < -0.4 is 16.0 Å². The van der Waals surface area contributed by atoms with Gasteiger partial charge < -0.3 is 15.3 Å². The van der Waals surface area contributed by atoms with Crippen molar-refractivity contribution in [2.45, 2.75) is 20.0 Å². The van der Waals surface area contributed by atoms with Crippen LogP contribution in [0.2, 0.25) is 0 Å². The van der Waals surface area contributed by atoms with Crippen LogP contribution in [0.15, 0.2) is 30.3 Å². The minimum Gasteiger partial charge on any atom is -0.485 e. The van der Waals surface area contributed by atoms with Gasteiger partial charge in [-0.25, -0.2) is 15.8 Å². The third-order valence-electron chi connectivity index (χ3n) is 2.76. The highest BCUT2D eigenvalue weighted by Crippen LogP contribution is 2.19. The van der Waals surface area contributed by atoms with Gasteiger partial charge in [0.05, 0.1) is 0 Å². The number of para-hydroxylation sites is 1. The van der Waals surface area contributed by atoms with Gasteiger partial charge in [0.1, 0.15) is 18.2 Å². The lowest BCUT2D eigenvalue weighted by Gasteiger charge is -2.11. The van der Waals surface area contributed by atoms with E-state index in [-0.39, 0.29) is 13.2 Å². The van der Waals surface area contributed by atoms with E-state index in [0.717, 1.165) is 17.0 Å². The van der Waals surface area contributed by atoms with E-state index in [4.69, 9.17) is 15.7 Å². The SMILES string of the molecule is Cc1cc(NN)nc(COc2ccccc2CCO)n1. The van der Waals surface area contributed by atoms with Gasteiger partial charge in [0.15, 0.2) is 5.82 Å². The number of hydrogen-bond donors (Lipinski definition) is 3. The van der Waals surface area contributed by atoms with Crippen LogP contribution in [-0.2, 0) is 13.0 Å². The smallest absolute Gasteiger partial charge is 0.168 e. The molecule has 0 unspecified atom stereocenters. The van der Waals surface area contributed by atoms with Crippen molar-refractivity contribution in [3.63, 3.8) is 0 Å². The number of benzene rings is 1. The molecule has 0 amide bonds. The van der Waals surface area contributed by atoms with Gasteiger partial charge in [-0.05, 0) is 25.0 Å². The predicted octanol–water partition coefficient (Wildman–Crippen LogP) is 1.18. The Hall–Kier alpha value is -2.18. The summed E-state index contributed by atoms with van der Waals surface area (Å²) in [4.78, 5) is 8.51. The molecule has 2 aromatic rings. The Labute approximate surface area is 117 Å². The summed E-state index contributed by atoms with van der Waals surface area (Å²) in [5.74, 6) is 7.19. The lowest BCUT2D eigenvalue weighted by Crippen LogP contribution is -2.12. The van der Waals surface area contributed by atoms with Gasteiger partial charge in [-0.1, -0.05) is 18.2 Å². The van der Waals surface area contributed by atoms with Crippen LogP contribution in [0.4, 0.5) is 5.82 Å². The van der Waals surface area contributed by atoms with Crippen LogP contribution in [0.1, 0.15) is 17.1 Å². The molecular formula is C14H18N4O2. The van der Waals surface area contributed by atoms with Crippen LogP contribution in [0.25, 0.3) is 0 Å². The number of nitrogens with zero attached hydrogens (tertiary/aromatic N) is 2. The molecule has 20 heavy (non-hydrogen) atoms. The van der Waals surface area contributed by atoms with Gasteiger partial charge in [0.25, 0.3) is 0 Å². The molecule has 0 saturated carbocycles. The van der Waals surface area contributed by atoms with E-state index < -0.39 is 0 Å². The van der Waals surface area contributed by atoms with Crippen LogP contribution >= 0.6 is 0 Å². The van der Waals surface area contributed by atoms with Crippen molar-refractivity contribution in [3.8, 4) is 5.75 Å². The Morgan fingerprint density at radius 3 is 2.85 bits per heavy atom. The molecule has 1 aromatic heterocycles. The number of nitrogens with one attached hydrogen (secondary N) is 1. The lowest BCUT2D eigenvalue weighted by atomic mass is 10.1. The number of nitrogen functional groups attached to an aromatic ring is 1. The number of hydrazine groups is 1. The topological polar surface area (TPSA) is 93.3 Å². The van der Waals surface area contributed by atoms with E-state index in [1.807, 2.05) is 31.2 Å². The quantitative estimate of drug-likeness (QED) is 0.541. The molecule has 0 aliphatic heterocycles. The number of aliphatic hydroxyl groups excluding tert-OH is 1. The van der Waals surface area contributed by atoms with Crippen molar-refractivity contribution in [1.29, 1.82) is 0 Å². The number of aliphatic hydroxyl groups is 1. The first-order valence-corrected chi connectivity index (χ1v) is 6.35. The highest BCUT2D eigenvalue weighted by molar-refractivity contribution is 5.35. The van der Waals surface area contributed by atoms with Crippen molar-refractivity contribution in [1.82, 2.24) is 9.97 Å². The second-order valence-electron chi connectivity index (χ2n) is 4.33. The summed E-state index contributed by atoms with van der Waals surface area (Å²) >= 11 is 0. The highest BCUT2D eigenvalue weighted by atomic mass is 16.5. The maximum atomic E-state index is 9.03. The predicted molar refractivity (Wildman–Crippen MR) is 76.1 cm³/mol. The first kappa shape index (κ1) is 14.2. The van der Waals surface area contributed by atoms with Gasteiger partial charge in [0, 0.05) is 18.4 Å². The summed E-state index contributed by atoms with van der Waals surface area (Å²) in [5.41, 5.74) is 4.27. The molecule has 0 radical (unpaired) electrons. The zero-order valence-electron chi connectivity index (χ0n) is 11.3. The van der Waals surface area contributed by atoms with E-state index >= 15 is 0 Å². The van der Waals surface area contributed by atoms with E-state index in [9.17, 15) is 0 Å². The van der Waals surface area contributed by atoms with Gasteiger partial charge in [-0.2, -0.15) is 0 Å². The summed E-state index contributed by atoms with van der Waals surface area (Å²) in [6.07, 6.45) is 0.556. The number of aromatic nitrogens is 2. The molecule has 0 spiro atoms. The standard InChI is InChI=1S/C14H18N4O2/c1-10-8-13(18-15)17-14(16-10)9-20-12-5-3-2-4-11(12)6-7-19/h2-5,8,19H,6-7,9,15H2,1H3,(H,16,17,18). The monoisotopic (exact) mass is 274 g/mol. The van der Waals surface area contributed by atoms with E-state index in [1.54, 1.807) is 6.07 Å². The molecule has 0 aliphatic carbocycles. The van der Waals surface area contributed by atoms with Crippen molar-refractivity contribution in [2.75, 3.05) is 12.0 Å². The maximum Gasteiger partial charge on any atom is 0.168 e. The molecular weight excluding hydrogens is 256 g/mol. The summed E-state index contributed by atoms with van der Waals surface area (Å²) in [7, 11) is 0. The summed E-state index contributed by atoms with van der Waals surface area (Å²) in [6.45, 7) is 2.20. The fraction of sp³-hybridized carbons (Fsp3) is 0.286. The number of aryl methyl sites for hydroxylation is 1. The third kappa shape index (κ3) is 3.66. The third-order valence-corrected chi connectivity index (χ3v) is 2.76. The second kappa shape index (κ2) is 6.83. The Morgan fingerprint density at radius 2 is 2.10 bits per heavy atom. The average molecular weight is 274 g/mol. The molecule has 0 saturated heterocycles. The second-order valence-corrected chi connectivity index (χ2v) is 4.33. The first-order valence-electron chi connectivity index (χ1n) is 6.35. The number of anilines is 1. The molecule has 0 aliphatic rings. The minimum atomic E-state index is 0.0859. The van der Waals surface area contributed by atoms with Crippen molar-refractivity contribution in [3.05, 3.63) is 47.4 Å². The molecule has 6 nitrogen and oxygen atoms in total. The summed E-state index contributed by atoms with van der Waals surface area (Å²) in [6, 6.07) is 9.35. The van der Waals surface area contributed by atoms with Crippen LogP contribution in [0, 0.1) is 6.92 Å². The van der Waals surface area contributed by atoms with Crippen molar-refractivity contribution < 1.29 is 9.84 Å². The molecule has 6 heteroatoms. The van der Waals surface area contributed by atoms with Gasteiger partial charge in [-0.15, -0.1) is 0 Å². The Bertz CT molecular complexity index is 575. The normalized spacial score (nSPS) is 10.3. The van der Waals surface area contributed by atoms with Crippen molar-refractivity contribution >= 4 is 5.82 Å². The Balaban J connectivity index is 2.10. The van der Waals surface area contributed by atoms with Gasteiger partial charge in [-0.3, -0.25) is 0 Å². The molecule has 1 heterocycles. The van der Waals surface area contributed by atoms with E-state index in [1.165, 1.54) is 0 Å². The van der Waals surface area contributed by atoms with Crippen molar-refractivity contribution in [2.24, 2.45) is 5.84 Å². The summed E-state index contributed by atoms with van der Waals surface area (Å²) in [5, 5.41) is 9.03. The van der Waals surface area contributed by atoms with E-state index in [0.29, 0.717) is 18.1 Å². The molecule has 0 fully saturated rings.